The van der Waals surface area contributed by atoms with Crippen LogP contribution in [0, 0.1) is 12.8 Å². The van der Waals surface area contributed by atoms with Crippen molar-refractivity contribution in [1.82, 2.24) is 25.8 Å². The molecule has 0 fully saturated rings. The van der Waals surface area contributed by atoms with Crippen molar-refractivity contribution in [2.45, 2.75) is 38.1 Å². The lowest BCUT2D eigenvalue weighted by molar-refractivity contribution is -0.130. The van der Waals surface area contributed by atoms with Crippen LogP contribution in [0.2, 0.25) is 0 Å². The van der Waals surface area contributed by atoms with Gasteiger partial charge in [-0.2, -0.15) is 9.82 Å². The smallest absolute Gasteiger partial charge is 0.256 e. The Hall–Kier alpha value is -3.12. The quantitative estimate of drug-likeness (QED) is 0.438. The maximum atomic E-state index is 12.8. The van der Waals surface area contributed by atoms with Gasteiger partial charge in [-0.05, 0) is 31.0 Å². The number of aromatic amines is 1. The zero-order valence-corrected chi connectivity index (χ0v) is 18.2. The Bertz CT molecular complexity index is 1070. The van der Waals surface area contributed by atoms with Crippen molar-refractivity contribution in [2.75, 3.05) is 13.2 Å². The number of rotatable bonds is 7. The lowest BCUT2D eigenvalue weighted by Crippen LogP contribution is -2.54. The fourth-order valence-corrected chi connectivity index (χ4v) is 4.26. The van der Waals surface area contributed by atoms with Crippen molar-refractivity contribution in [1.29, 1.82) is 0 Å². The van der Waals surface area contributed by atoms with Crippen molar-refractivity contribution in [3.8, 4) is 11.5 Å². The maximum Gasteiger partial charge on any atom is 0.256 e. The highest BCUT2D eigenvalue weighted by Gasteiger charge is 2.29. The fraction of sp³-hybridized carbons (Fsp3) is 0.421. The van der Waals surface area contributed by atoms with E-state index in [2.05, 4.69) is 25.8 Å². The summed E-state index contributed by atoms with van der Waals surface area (Å²) >= 11 is 0. The first-order valence-corrected chi connectivity index (χ1v) is 11.2. The molecule has 3 rings (SSSR count). The summed E-state index contributed by atoms with van der Waals surface area (Å²) in [5, 5.41) is 6.67. The molecule has 12 heteroatoms. The molecule has 0 spiro atoms. The van der Waals surface area contributed by atoms with Gasteiger partial charge in [0, 0.05) is 11.8 Å². The highest BCUT2D eigenvalue weighted by molar-refractivity contribution is 7.89. The van der Waals surface area contributed by atoms with Crippen molar-refractivity contribution in [2.24, 2.45) is 5.92 Å². The molecule has 0 bridgehead atoms. The summed E-state index contributed by atoms with van der Waals surface area (Å²) in [4.78, 5) is 24.5. The molecule has 1 aromatic carbocycles. The van der Waals surface area contributed by atoms with Gasteiger partial charge in [-0.1, -0.05) is 13.8 Å². The number of sulfonamides is 1. The monoisotopic (exact) mass is 451 g/mol. The van der Waals surface area contributed by atoms with E-state index in [0.29, 0.717) is 30.4 Å². The summed E-state index contributed by atoms with van der Waals surface area (Å²) in [6, 6.07) is 4.81. The van der Waals surface area contributed by atoms with Crippen molar-refractivity contribution in [3.05, 3.63) is 35.7 Å². The Morgan fingerprint density at radius 3 is 2.48 bits per heavy atom. The third-order valence-electron chi connectivity index (χ3n) is 4.48. The predicted molar refractivity (Wildman–Crippen MR) is 110 cm³/mol. The molecule has 4 N–H and O–H groups in total. The van der Waals surface area contributed by atoms with Gasteiger partial charge in [0.05, 0.1) is 17.0 Å². The number of aromatic nitrogens is 2. The summed E-state index contributed by atoms with van der Waals surface area (Å²) in [6.07, 6.45) is -0.0418. The van der Waals surface area contributed by atoms with Crippen molar-refractivity contribution >= 4 is 21.8 Å². The number of benzene rings is 1. The van der Waals surface area contributed by atoms with Gasteiger partial charge in [0.2, 0.25) is 15.9 Å². The van der Waals surface area contributed by atoms with Gasteiger partial charge in [-0.3, -0.25) is 25.5 Å². The molecule has 1 aliphatic heterocycles. The molecular weight excluding hydrogens is 426 g/mol. The summed E-state index contributed by atoms with van der Waals surface area (Å²) in [5.41, 5.74) is 5.87. The van der Waals surface area contributed by atoms with Crippen LogP contribution >= 0.6 is 0 Å². The number of nitrogens with one attached hydrogen (secondary N) is 4. The van der Waals surface area contributed by atoms with Crippen LogP contribution in [0.25, 0.3) is 0 Å². The molecule has 1 aliphatic rings. The second kappa shape index (κ2) is 9.35. The van der Waals surface area contributed by atoms with Gasteiger partial charge in [0.15, 0.2) is 11.5 Å². The summed E-state index contributed by atoms with van der Waals surface area (Å²) < 4.78 is 38.9. The number of ether oxygens (including phenoxy) is 2. The van der Waals surface area contributed by atoms with Gasteiger partial charge in [-0.25, -0.2) is 8.42 Å². The second-order valence-electron chi connectivity index (χ2n) is 7.40. The number of fused-ring (bicyclic) bond motifs is 1. The Morgan fingerprint density at radius 2 is 1.84 bits per heavy atom. The molecule has 0 radical (unpaired) electrons. The minimum Gasteiger partial charge on any atom is -0.486 e. The molecule has 1 aromatic heterocycles. The maximum absolute atomic E-state index is 12.8. The predicted octanol–water partition coefficient (Wildman–Crippen LogP) is 0.182. The van der Waals surface area contributed by atoms with Crippen LogP contribution < -0.4 is 25.0 Å². The molecule has 2 aromatic rings. The van der Waals surface area contributed by atoms with Gasteiger partial charge in [0.25, 0.3) is 5.91 Å². The lowest BCUT2D eigenvalue weighted by atomic mass is 10.1. The number of nitrogens with zero attached hydrogens (tertiary/aromatic N) is 1. The number of carbonyl (C=O) groups excluding carboxylic acids is 2. The van der Waals surface area contributed by atoms with Crippen LogP contribution in [-0.4, -0.2) is 49.7 Å². The average Bonchev–Trinajstić information content (AvgIpc) is 3.14. The van der Waals surface area contributed by atoms with Crippen LogP contribution in [-0.2, 0) is 26.0 Å². The number of hydrogen-bond acceptors (Lipinski definition) is 7. The Morgan fingerprint density at radius 1 is 1.13 bits per heavy atom. The van der Waals surface area contributed by atoms with Crippen molar-refractivity contribution < 1.29 is 27.5 Å². The Balaban J connectivity index is 1.64. The molecular formula is C19H25N5O6S. The number of amides is 2. The molecule has 11 nitrogen and oxygen atoms in total. The minimum absolute atomic E-state index is 0.0418. The Kier molecular flexibility index (Phi) is 6.81. The number of aryl methyl sites for hydroxylation is 1. The van der Waals surface area contributed by atoms with E-state index in [0.717, 1.165) is 5.69 Å². The van der Waals surface area contributed by atoms with Crippen LogP contribution in [0.1, 0.15) is 25.2 Å². The second-order valence-corrected chi connectivity index (χ2v) is 9.12. The number of hydrazine groups is 1. The molecule has 168 valence electrons. The molecule has 31 heavy (non-hydrogen) atoms. The standard InChI is InChI=1S/C19H25N5O6S/c1-11(2)18(19(26)23-22-17(25)9-13-8-12(3)20-21-13)24-31(27,28)14-4-5-15-16(10-14)30-7-6-29-15/h4-5,8,10-11,18,24H,6-7,9H2,1-3H3,(H,20,21)(H,22,25)(H,23,26)/t18-/m0/s1. The van der Waals surface area contributed by atoms with Crippen LogP contribution in [0.5, 0.6) is 11.5 Å². The van der Waals surface area contributed by atoms with Crippen LogP contribution in [0.4, 0.5) is 0 Å². The minimum atomic E-state index is -4.04. The van der Waals surface area contributed by atoms with E-state index in [9.17, 15) is 18.0 Å². The molecule has 0 unspecified atom stereocenters. The first-order valence-electron chi connectivity index (χ1n) is 9.67. The van der Waals surface area contributed by atoms with Crippen LogP contribution in [0.15, 0.2) is 29.2 Å². The zero-order chi connectivity index (χ0) is 22.6. The third-order valence-corrected chi connectivity index (χ3v) is 5.92. The highest BCUT2D eigenvalue weighted by Crippen LogP contribution is 2.32. The first kappa shape index (κ1) is 22.6. The first-order chi connectivity index (χ1) is 14.7. The SMILES string of the molecule is Cc1cc(CC(=O)NNC(=O)[C@@H](NS(=O)(=O)c2ccc3c(c2)OCCO3)C(C)C)n[nH]1. The molecule has 0 saturated heterocycles. The third kappa shape index (κ3) is 5.73. The molecule has 0 aliphatic carbocycles. The van der Waals surface area contributed by atoms with Gasteiger partial charge >= 0.3 is 0 Å². The number of carbonyl (C=O) groups is 2. The van der Waals surface area contributed by atoms with E-state index in [-0.39, 0.29) is 11.3 Å². The normalized spacial score (nSPS) is 14.2. The van der Waals surface area contributed by atoms with Gasteiger partial charge in [0.1, 0.15) is 19.3 Å². The largest absolute Gasteiger partial charge is 0.486 e. The molecule has 1 atom stereocenters. The van der Waals surface area contributed by atoms with Gasteiger partial charge < -0.3 is 9.47 Å². The van der Waals surface area contributed by atoms with E-state index in [1.54, 1.807) is 26.8 Å². The van der Waals surface area contributed by atoms with E-state index < -0.39 is 33.8 Å². The zero-order valence-electron chi connectivity index (χ0n) is 17.4. The number of H-pyrrole nitrogens is 1. The average molecular weight is 452 g/mol. The fourth-order valence-electron chi connectivity index (χ4n) is 2.90. The van der Waals surface area contributed by atoms with Crippen molar-refractivity contribution in [3.63, 3.8) is 0 Å². The topological polar surface area (TPSA) is 152 Å². The molecule has 0 saturated carbocycles. The summed E-state index contributed by atoms with van der Waals surface area (Å²) in [5.74, 6) is -0.795. The van der Waals surface area contributed by atoms with E-state index >= 15 is 0 Å². The number of hydrogen-bond donors (Lipinski definition) is 4. The van der Waals surface area contributed by atoms with E-state index in [1.165, 1.54) is 18.2 Å². The van der Waals surface area contributed by atoms with E-state index in [1.807, 2.05) is 0 Å². The van der Waals surface area contributed by atoms with E-state index in [4.69, 9.17) is 9.47 Å². The summed E-state index contributed by atoms with van der Waals surface area (Å²) in [6.45, 7) is 5.88. The lowest BCUT2D eigenvalue weighted by Gasteiger charge is -2.23. The van der Waals surface area contributed by atoms with Crippen LogP contribution in [0.3, 0.4) is 0 Å². The molecule has 2 amide bonds. The Labute approximate surface area is 179 Å². The highest BCUT2D eigenvalue weighted by atomic mass is 32.2. The summed E-state index contributed by atoms with van der Waals surface area (Å²) in [7, 11) is -4.04. The molecule has 2 heterocycles. The van der Waals surface area contributed by atoms with Gasteiger partial charge in [-0.15, -0.1) is 0 Å².